The Balaban J connectivity index is 1.29. The number of rotatable bonds is 8. The summed E-state index contributed by atoms with van der Waals surface area (Å²) in [4.78, 5) is 7.10. The van der Waals surface area contributed by atoms with Gasteiger partial charge in [-0.3, -0.25) is 14.9 Å². The Kier molecular flexibility index (Phi) is 8.14. The Hall–Kier alpha value is -3.55. The van der Waals surface area contributed by atoms with Gasteiger partial charge in [0.25, 0.3) is 0 Å². The lowest BCUT2D eigenvalue weighted by atomic mass is 9.88. The first-order valence-corrected chi connectivity index (χ1v) is 15.4. The number of nitriles is 1. The summed E-state index contributed by atoms with van der Waals surface area (Å²) in [7, 11) is 0. The fraction of sp³-hybridized carbons (Fsp3) is 0.455. The van der Waals surface area contributed by atoms with E-state index >= 15 is 0 Å². The summed E-state index contributed by atoms with van der Waals surface area (Å²) in [5.74, 6) is 0. The van der Waals surface area contributed by atoms with Crippen LogP contribution in [0, 0.1) is 16.7 Å². The molecule has 3 aliphatic rings. The van der Waals surface area contributed by atoms with Crippen molar-refractivity contribution in [1.29, 1.82) is 5.26 Å². The van der Waals surface area contributed by atoms with E-state index in [-0.39, 0.29) is 17.0 Å². The van der Waals surface area contributed by atoms with E-state index in [1.807, 2.05) is 18.2 Å². The van der Waals surface area contributed by atoms with E-state index in [2.05, 4.69) is 101 Å². The molecule has 0 aliphatic carbocycles. The zero-order chi connectivity index (χ0) is 30.2. The lowest BCUT2D eigenvalue weighted by Crippen LogP contribution is -2.52. The number of piperidine rings is 1. The van der Waals surface area contributed by atoms with Gasteiger partial charge in [0.2, 0.25) is 0 Å². The van der Waals surface area contributed by atoms with E-state index in [4.69, 9.17) is 16.3 Å². The van der Waals surface area contributed by atoms with Crippen LogP contribution in [0.1, 0.15) is 57.7 Å². The van der Waals surface area contributed by atoms with Gasteiger partial charge in [0.15, 0.2) is 0 Å². The summed E-state index contributed by atoms with van der Waals surface area (Å²) in [5.41, 5.74) is 11.9. The Morgan fingerprint density at radius 3 is 2.58 bits per heavy atom. The number of halogens is 1. The van der Waals surface area contributed by atoms with Crippen LogP contribution in [0.5, 0.6) is 0 Å². The Morgan fingerprint density at radius 1 is 1.19 bits per heavy atom. The SMILES string of the molecule is CC1(CNc2c(C#N)cnc3c(Cl)cc(N[C@H](C4=CN(C5CCN(C(C)(C)C)CC5)NN4)c4ccccc4)cc23)COC1. The van der Waals surface area contributed by atoms with Crippen molar-refractivity contribution in [2.24, 2.45) is 5.41 Å². The van der Waals surface area contributed by atoms with E-state index in [1.165, 1.54) is 0 Å². The van der Waals surface area contributed by atoms with Crippen molar-refractivity contribution in [3.63, 3.8) is 0 Å². The number of hydrogen-bond acceptors (Lipinski definition) is 9. The third-order valence-electron chi connectivity index (χ3n) is 8.81. The number of likely N-dealkylation sites (tertiary alicyclic amines) is 1. The third kappa shape index (κ3) is 6.24. The van der Waals surface area contributed by atoms with Crippen molar-refractivity contribution in [3.8, 4) is 6.07 Å². The summed E-state index contributed by atoms with van der Waals surface area (Å²) in [6, 6.07) is 16.9. The van der Waals surface area contributed by atoms with Gasteiger partial charge in [0.05, 0.1) is 46.7 Å². The number of benzene rings is 2. The summed E-state index contributed by atoms with van der Waals surface area (Å²) < 4.78 is 5.44. The van der Waals surface area contributed by atoms with Crippen molar-refractivity contribution < 1.29 is 4.74 Å². The molecule has 4 heterocycles. The quantitative estimate of drug-likeness (QED) is 0.256. The molecule has 10 heteroatoms. The van der Waals surface area contributed by atoms with Crippen molar-refractivity contribution in [2.45, 2.75) is 58.2 Å². The van der Waals surface area contributed by atoms with Crippen LogP contribution in [0.4, 0.5) is 11.4 Å². The first-order valence-electron chi connectivity index (χ1n) is 15.1. The van der Waals surface area contributed by atoms with E-state index in [0.29, 0.717) is 41.9 Å². The molecule has 3 aliphatic heterocycles. The highest BCUT2D eigenvalue weighted by atomic mass is 35.5. The molecule has 0 unspecified atom stereocenters. The molecule has 6 rings (SSSR count). The highest BCUT2D eigenvalue weighted by Crippen LogP contribution is 2.37. The monoisotopic (exact) mass is 600 g/mol. The second-order valence-electron chi connectivity index (χ2n) is 13.3. The summed E-state index contributed by atoms with van der Waals surface area (Å²) in [6.45, 7) is 13.3. The van der Waals surface area contributed by atoms with Gasteiger partial charge in [0.1, 0.15) is 6.07 Å². The summed E-state index contributed by atoms with van der Waals surface area (Å²) >= 11 is 6.83. The first-order chi connectivity index (χ1) is 20.6. The fourth-order valence-electron chi connectivity index (χ4n) is 6.13. The zero-order valence-electron chi connectivity index (χ0n) is 25.4. The molecule has 2 saturated heterocycles. The normalized spacial score (nSPS) is 19.7. The number of fused-ring (bicyclic) bond motifs is 1. The molecule has 2 aromatic carbocycles. The van der Waals surface area contributed by atoms with E-state index < -0.39 is 0 Å². The van der Waals surface area contributed by atoms with Crippen LogP contribution >= 0.6 is 11.6 Å². The zero-order valence-corrected chi connectivity index (χ0v) is 26.1. The lowest BCUT2D eigenvalue weighted by molar-refractivity contribution is -0.0924. The Bertz CT molecular complexity index is 1530. The molecule has 226 valence electrons. The van der Waals surface area contributed by atoms with Crippen molar-refractivity contribution in [2.75, 3.05) is 43.5 Å². The Morgan fingerprint density at radius 2 is 1.93 bits per heavy atom. The van der Waals surface area contributed by atoms with E-state index in [1.54, 1.807) is 6.20 Å². The van der Waals surface area contributed by atoms with Crippen LogP contribution in [0.2, 0.25) is 5.02 Å². The number of hydrazine groups is 2. The Labute approximate surface area is 259 Å². The smallest absolute Gasteiger partial charge is 0.103 e. The summed E-state index contributed by atoms with van der Waals surface area (Å²) in [6.07, 6.45) is 5.97. The maximum absolute atomic E-state index is 9.91. The molecular formula is C33H41ClN8O. The molecule has 1 aromatic heterocycles. The van der Waals surface area contributed by atoms with Gasteiger partial charge in [-0.2, -0.15) is 5.26 Å². The van der Waals surface area contributed by atoms with Crippen LogP contribution in [-0.2, 0) is 4.74 Å². The summed E-state index contributed by atoms with van der Waals surface area (Å²) in [5, 5.41) is 20.7. The molecule has 1 atom stereocenters. The maximum atomic E-state index is 9.91. The van der Waals surface area contributed by atoms with Gasteiger partial charge in [-0.1, -0.05) is 48.9 Å². The van der Waals surface area contributed by atoms with Gasteiger partial charge in [0, 0.05) is 60.1 Å². The molecule has 0 bridgehead atoms. The second-order valence-corrected chi connectivity index (χ2v) is 13.7. The highest BCUT2D eigenvalue weighted by Gasteiger charge is 2.34. The van der Waals surface area contributed by atoms with Crippen LogP contribution in [0.25, 0.3) is 10.9 Å². The van der Waals surface area contributed by atoms with Crippen LogP contribution in [0.3, 0.4) is 0 Å². The molecular weight excluding hydrogens is 560 g/mol. The van der Waals surface area contributed by atoms with Crippen LogP contribution in [-0.4, -0.2) is 59.3 Å². The number of nitrogens with zero attached hydrogens (tertiary/aromatic N) is 4. The molecule has 0 spiro atoms. The second kappa shape index (κ2) is 11.9. The molecule has 3 aromatic rings. The predicted molar refractivity (Wildman–Crippen MR) is 172 cm³/mol. The minimum Gasteiger partial charge on any atom is -0.383 e. The number of hydrogen-bond donors (Lipinski definition) is 4. The van der Waals surface area contributed by atoms with Crippen LogP contribution < -0.4 is 21.6 Å². The van der Waals surface area contributed by atoms with Crippen molar-refractivity contribution in [1.82, 2.24) is 25.9 Å². The molecule has 0 saturated carbocycles. The van der Waals surface area contributed by atoms with Gasteiger partial charge < -0.3 is 20.8 Å². The van der Waals surface area contributed by atoms with Gasteiger partial charge in [-0.15, -0.1) is 5.53 Å². The minimum atomic E-state index is -0.170. The number of ether oxygens (including phenoxy) is 1. The standard InChI is InChI=1S/C33H41ClN8O/c1-32(2,3)41-12-10-25(11-13-41)42-18-28(39-40-42)30(22-8-6-5-7-9-22)38-24-14-26-29(37-19-33(4)20-43-21-33)23(16-35)17-36-31(26)27(34)15-24/h5-9,14-15,17-18,25,30,38-40H,10-13,19-21H2,1-4H3,(H,36,37)/t30-/m0/s1. The van der Waals surface area contributed by atoms with Gasteiger partial charge >= 0.3 is 0 Å². The predicted octanol–water partition coefficient (Wildman–Crippen LogP) is 5.79. The largest absolute Gasteiger partial charge is 0.383 e. The number of aromatic nitrogens is 1. The average molecular weight is 601 g/mol. The first kappa shape index (κ1) is 29.5. The molecule has 0 amide bonds. The maximum Gasteiger partial charge on any atom is 0.103 e. The molecule has 43 heavy (non-hydrogen) atoms. The highest BCUT2D eigenvalue weighted by molar-refractivity contribution is 6.35. The third-order valence-corrected chi connectivity index (χ3v) is 9.10. The van der Waals surface area contributed by atoms with E-state index in [9.17, 15) is 5.26 Å². The van der Waals surface area contributed by atoms with Crippen molar-refractivity contribution in [3.05, 3.63) is 76.7 Å². The van der Waals surface area contributed by atoms with Gasteiger partial charge in [-0.05, 0) is 51.3 Å². The average Bonchev–Trinajstić information content (AvgIpc) is 3.48. The lowest BCUT2D eigenvalue weighted by Gasteiger charge is -2.42. The van der Waals surface area contributed by atoms with Gasteiger partial charge in [-0.25, -0.2) is 0 Å². The van der Waals surface area contributed by atoms with Crippen LogP contribution in [0.15, 0.2) is 60.6 Å². The number of pyridine rings is 1. The molecule has 9 nitrogen and oxygen atoms in total. The molecule has 2 fully saturated rings. The number of anilines is 2. The number of nitrogens with one attached hydrogen (secondary N) is 4. The molecule has 4 N–H and O–H groups in total. The fourth-order valence-corrected chi connectivity index (χ4v) is 6.40. The van der Waals surface area contributed by atoms with E-state index in [0.717, 1.165) is 54.0 Å². The van der Waals surface area contributed by atoms with Crippen molar-refractivity contribution >= 4 is 33.9 Å². The molecule has 0 radical (unpaired) electrons. The minimum absolute atomic E-state index is 0.0310. The topological polar surface area (TPSA) is 101 Å².